The molecule has 0 amide bonds. The minimum atomic E-state index is -4.65. The van der Waals surface area contributed by atoms with Gasteiger partial charge in [-0.2, -0.15) is 13.2 Å². The van der Waals surface area contributed by atoms with Gasteiger partial charge in [0, 0.05) is 6.54 Å². The van der Waals surface area contributed by atoms with Crippen molar-refractivity contribution in [1.29, 1.82) is 0 Å². The maximum Gasteiger partial charge on any atom is 0.416 e. The number of nitrogens with one attached hydrogen (secondary N) is 1. The zero-order valence-electron chi connectivity index (χ0n) is 12.0. The summed E-state index contributed by atoms with van der Waals surface area (Å²) in [5.41, 5.74) is 0.623. The van der Waals surface area contributed by atoms with Gasteiger partial charge in [-0.1, -0.05) is 41.4 Å². The van der Waals surface area contributed by atoms with Crippen LogP contribution in [-0.4, -0.2) is 8.42 Å². The molecule has 0 unspecified atom stereocenters. The van der Waals surface area contributed by atoms with Crippen LogP contribution in [0.1, 0.15) is 16.7 Å². The molecular weight excluding hydrogens is 351 g/mol. The van der Waals surface area contributed by atoms with Crippen molar-refractivity contribution < 1.29 is 21.6 Å². The monoisotopic (exact) mass is 363 g/mol. The van der Waals surface area contributed by atoms with Crippen molar-refractivity contribution in [2.24, 2.45) is 0 Å². The maximum atomic E-state index is 12.7. The van der Waals surface area contributed by atoms with Gasteiger partial charge in [-0.3, -0.25) is 0 Å². The molecule has 0 aliphatic carbocycles. The van der Waals surface area contributed by atoms with Crippen molar-refractivity contribution in [2.75, 3.05) is 0 Å². The highest BCUT2D eigenvalue weighted by molar-refractivity contribution is 7.89. The fraction of sp³-hybridized carbons (Fsp3) is 0.200. The summed E-state index contributed by atoms with van der Waals surface area (Å²) in [6.07, 6.45) is -4.65. The summed E-state index contributed by atoms with van der Waals surface area (Å²) in [7, 11) is -4.16. The van der Waals surface area contributed by atoms with Gasteiger partial charge < -0.3 is 0 Å². The smallest absolute Gasteiger partial charge is 0.207 e. The average Bonchev–Trinajstić information content (AvgIpc) is 2.46. The molecule has 0 aliphatic heterocycles. The minimum absolute atomic E-state index is 0.0464. The molecule has 0 bridgehead atoms. The van der Waals surface area contributed by atoms with Crippen LogP contribution in [0.3, 0.4) is 0 Å². The first-order chi connectivity index (χ1) is 10.6. The second-order valence-corrected chi connectivity index (χ2v) is 7.10. The summed E-state index contributed by atoms with van der Waals surface area (Å²) >= 11 is 5.75. The third kappa shape index (κ3) is 4.46. The Hall–Kier alpha value is -1.57. The van der Waals surface area contributed by atoms with Gasteiger partial charge in [-0.15, -0.1) is 0 Å². The minimum Gasteiger partial charge on any atom is -0.207 e. The molecule has 2 aromatic rings. The highest BCUT2D eigenvalue weighted by Gasteiger charge is 2.32. The number of rotatable bonds is 4. The van der Waals surface area contributed by atoms with E-state index >= 15 is 0 Å². The number of hydrogen-bond acceptors (Lipinski definition) is 2. The molecule has 124 valence electrons. The molecule has 1 N–H and O–H groups in total. The molecular formula is C15H13ClF3NO2S. The third-order valence-electron chi connectivity index (χ3n) is 3.13. The van der Waals surface area contributed by atoms with E-state index in [2.05, 4.69) is 4.72 Å². The van der Waals surface area contributed by atoms with Gasteiger partial charge in [0.25, 0.3) is 0 Å². The highest BCUT2D eigenvalue weighted by atomic mass is 35.5. The number of benzene rings is 2. The van der Waals surface area contributed by atoms with Gasteiger partial charge in [-0.05, 0) is 30.7 Å². The summed E-state index contributed by atoms with van der Waals surface area (Å²) in [5.74, 6) is 0. The first kappa shape index (κ1) is 17.8. The van der Waals surface area contributed by atoms with Crippen molar-refractivity contribution in [3.8, 4) is 0 Å². The Morgan fingerprint density at radius 1 is 1.09 bits per heavy atom. The normalized spacial score (nSPS) is 12.4. The van der Waals surface area contributed by atoms with Gasteiger partial charge in [0.2, 0.25) is 10.0 Å². The topological polar surface area (TPSA) is 46.2 Å². The molecule has 2 rings (SSSR count). The van der Waals surface area contributed by atoms with Gasteiger partial charge in [0.05, 0.1) is 10.6 Å². The first-order valence-electron chi connectivity index (χ1n) is 6.51. The second-order valence-electron chi connectivity index (χ2n) is 4.95. The Labute approximate surface area is 137 Å². The van der Waals surface area contributed by atoms with E-state index in [1.807, 2.05) is 6.92 Å². The van der Waals surface area contributed by atoms with E-state index in [1.165, 1.54) is 0 Å². The summed E-state index contributed by atoms with van der Waals surface area (Å²) < 4.78 is 64.8. The van der Waals surface area contributed by atoms with E-state index in [4.69, 9.17) is 11.6 Å². The Bertz CT molecular complexity index is 802. The quantitative estimate of drug-likeness (QED) is 0.887. The van der Waals surface area contributed by atoms with Crippen LogP contribution >= 0.6 is 11.6 Å². The van der Waals surface area contributed by atoms with E-state index < -0.39 is 26.7 Å². The molecule has 0 spiro atoms. The van der Waals surface area contributed by atoms with Gasteiger partial charge in [-0.25, -0.2) is 13.1 Å². The van der Waals surface area contributed by atoms with Crippen LogP contribution in [0.15, 0.2) is 47.4 Å². The third-order valence-corrected chi connectivity index (χ3v) is 5.02. The van der Waals surface area contributed by atoms with Crippen molar-refractivity contribution >= 4 is 21.6 Å². The van der Waals surface area contributed by atoms with Crippen LogP contribution in [0.25, 0.3) is 0 Å². The zero-order valence-corrected chi connectivity index (χ0v) is 13.6. The Morgan fingerprint density at radius 3 is 2.26 bits per heavy atom. The van der Waals surface area contributed by atoms with Crippen molar-refractivity contribution in [1.82, 2.24) is 4.72 Å². The fourth-order valence-electron chi connectivity index (χ4n) is 1.85. The molecule has 0 atom stereocenters. The second kappa shape index (κ2) is 6.51. The van der Waals surface area contributed by atoms with Crippen LogP contribution in [0.2, 0.25) is 5.02 Å². The molecule has 0 saturated heterocycles. The molecule has 0 radical (unpaired) electrons. The summed E-state index contributed by atoms with van der Waals surface area (Å²) in [6, 6.07) is 9.25. The van der Waals surface area contributed by atoms with Gasteiger partial charge in [0.1, 0.15) is 4.90 Å². The molecule has 0 aliphatic rings. The van der Waals surface area contributed by atoms with Crippen LogP contribution in [0, 0.1) is 6.92 Å². The molecule has 3 nitrogen and oxygen atoms in total. The fourth-order valence-corrected chi connectivity index (χ4v) is 3.39. The Morgan fingerprint density at radius 2 is 1.70 bits per heavy atom. The summed E-state index contributed by atoms with van der Waals surface area (Å²) in [6.45, 7) is 1.84. The molecule has 0 saturated carbocycles. The maximum absolute atomic E-state index is 12.7. The van der Waals surface area contributed by atoms with E-state index in [-0.39, 0.29) is 11.6 Å². The van der Waals surface area contributed by atoms with E-state index in [1.54, 1.807) is 24.3 Å². The SMILES string of the molecule is Cc1ccc(CNS(=O)(=O)c2cc(C(F)(F)F)ccc2Cl)cc1. The van der Waals surface area contributed by atoms with Crippen LogP contribution in [-0.2, 0) is 22.7 Å². The number of hydrogen-bond donors (Lipinski definition) is 1. The van der Waals surface area contributed by atoms with Crippen LogP contribution in [0.5, 0.6) is 0 Å². The lowest BCUT2D eigenvalue weighted by molar-refractivity contribution is -0.137. The molecule has 2 aromatic carbocycles. The molecule has 0 heterocycles. The number of alkyl halides is 3. The van der Waals surface area contributed by atoms with Crippen LogP contribution in [0.4, 0.5) is 13.2 Å². The van der Waals surface area contributed by atoms with Gasteiger partial charge in [0.15, 0.2) is 0 Å². The lowest BCUT2D eigenvalue weighted by atomic mass is 10.2. The van der Waals surface area contributed by atoms with E-state index in [0.717, 1.165) is 17.7 Å². The van der Waals surface area contributed by atoms with E-state index in [0.29, 0.717) is 11.6 Å². The molecule has 8 heteroatoms. The number of halogens is 4. The lowest BCUT2D eigenvalue weighted by Crippen LogP contribution is -2.24. The van der Waals surface area contributed by atoms with Crippen molar-refractivity contribution in [2.45, 2.75) is 24.5 Å². The zero-order chi connectivity index (χ0) is 17.3. The number of aryl methyl sites for hydroxylation is 1. The number of sulfonamides is 1. The standard InChI is InChI=1S/C15H13ClF3NO2S/c1-10-2-4-11(5-3-10)9-20-23(21,22)14-8-12(15(17,18)19)6-7-13(14)16/h2-8,20H,9H2,1H3. The van der Waals surface area contributed by atoms with Crippen molar-refractivity contribution in [3.05, 3.63) is 64.2 Å². The van der Waals surface area contributed by atoms with Crippen LogP contribution < -0.4 is 4.72 Å². The van der Waals surface area contributed by atoms with Gasteiger partial charge >= 0.3 is 6.18 Å². The summed E-state index contributed by atoms with van der Waals surface area (Å²) in [4.78, 5) is -0.596. The Kier molecular flexibility index (Phi) is 5.03. The average molecular weight is 364 g/mol. The predicted octanol–water partition coefficient (Wildman–Crippen LogP) is 4.15. The summed E-state index contributed by atoms with van der Waals surface area (Å²) in [5, 5.41) is -0.269. The molecule has 0 fully saturated rings. The Balaban J connectivity index is 2.27. The molecule has 0 aromatic heterocycles. The molecule has 23 heavy (non-hydrogen) atoms. The lowest BCUT2D eigenvalue weighted by Gasteiger charge is -2.12. The highest BCUT2D eigenvalue weighted by Crippen LogP contribution is 2.33. The van der Waals surface area contributed by atoms with E-state index in [9.17, 15) is 21.6 Å². The largest absolute Gasteiger partial charge is 0.416 e. The van der Waals surface area contributed by atoms with Crippen molar-refractivity contribution in [3.63, 3.8) is 0 Å². The predicted molar refractivity (Wildman–Crippen MR) is 81.7 cm³/mol. The first-order valence-corrected chi connectivity index (χ1v) is 8.38.